The van der Waals surface area contributed by atoms with Gasteiger partial charge in [0.15, 0.2) is 5.72 Å². The highest BCUT2D eigenvalue weighted by Crippen LogP contribution is 2.39. The van der Waals surface area contributed by atoms with Crippen molar-refractivity contribution < 1.29 is 27.4 Å². The van der Waals surface area contributed by atoms with Crippen molar-refractivity contribution in [3.63, 3.8) is 0 Å². The van der Waals surface area contributed by atoms with Crippen LogP contribution in [0, 0.1) is 0 Å². The first kappa shape index (κ1) is 15.0. The van der Waals surface area contributed by atoms with Gasteiger partial charge in [-0.05, 0) is 12.5 Å². The summed E-state index contributed by atoms with van der Waals surface area (Å²) < 4.78 is 47.6. The molecule has 1 aromatic heterocycles. The average Bonchev–Trinajstić information content (AvgIpc) is 2.74. The third kappa shape index (κ3) is 3.13. The first-order valence-electron chi connectivity index (χ1n) is 6.89. The molecular formula is C13H14F3N3O3. The smallest absolute Gasteiger partial charge is 0.473 e. The Kier molecular flexibility index (Phi) is 3.67. The number of alkyl halides is 3. The summed E-state index contributed by atoms with van der Waals surface area (Å²) >= 11 is 0. The first-order valence-corrected chi connectivity index (χ1v) is 6.89. The molecule has 0 spiro atoms. The van der Waals surface area contributed by atoms with E-state index in [9.17, 15) is 18.0 Å². The Bertz CT molecular complexity index is 554. The standard InChI is InChI=1S/C13H14F3N3O3/c14-13(15,16)11(20)22-12-4-3-8(18-12)6-9(7-12)21-10-2-1-5-17-19-10/h1-2,5,8-9,18H,3-4,6-7H2/t8-,9-,12+/m0/s1. The molecule has 0 radical (unpaired) electrons. The fraction of sp³-hybridized carbons (Fsp3) is 0.615. The monoisotopic (exact) mass is 317 g/mol. The lowest BCUT2D eigenvalue weighted by molar-refractivity contribution is -0.219. The van der Waals surface area contributed by atoms with Crippen LogP contribution >= 0.6 is 0 Å². The molecule has 2 bridgehead atoms. The Labute approximate surface area is 124 Å². The molecule has 0 amide bonds. The van der Waals surface area contributed by atoms with Crippen molar-refractivity contribution in [2.24, 2.45) is 0 Å². The summed E-state index contributed by atoms with van der Waals surface area (Å²) in [5, 5.41) is 10.4. The number of carbonyl (C=O) groups excluding carboxylic acids is 1. The van der Waals surface area contributed by atoms with Crippen molar-refractivity contribution in [1.29, 1.82) is 0 Å². The van der Waals surface area contributed by atoms with Gasteiger partial charge < -0.3 is 9.47 Å². The molecule has 2 fully saturated rings. The second-order valence-electron chi connectivity index (χ2n) is 5.50. The number of ether oxygens (including phenoxy) is 2. The number of esters is 1. The third-order valence-electron chi connectivity index (χ3n) is 3.82. The van der Waals surface area contributed by atoms with Crippen molar-refractivity contribution >= 4 is 5.97 Å². The van der Waals surface area contributed by atoms with E-state index < -0.39 is 17.9 Å². The van der Waals surface area contributed by atoms with E-state index in [4.69, 9.17) is 9.47 Å². The zero-order valence-corrected chi connectivity index (χ0v) is 11.5. The predicted molar refractivity (Wildman–Crippen MR) is 66.7 cm³/mol. The van der Waals surface area contributed by atoms with Crippen LogP contribution in [0.3, 0.4) is 0 Å². The molecule has 22 heavy (non-hydrogen) atoms. The summed E-state index contributed by atoms with van der Waals surface area (Å²) in [6.07, 6.45) is -2.18. The lowest BCUT2D eigenvalue weighted by atomic mass is 9.99. The number of nitrogens with zero attached hydrogens (tertiary/aromatic N) is 2. The number of piperidine rings is 1. The number of hydrogen-bond acceptors (Lipinski definition) is 6. The zero-order valence-electron chi connectivity index (χ0n) is 11.5. The highest BCUT2D eigenvalue weighted by atomic mass is 19.4. The predicted octanol–water partition coefficient (Wildman–Crippen LogP) is 1.57. The maximum absolute atomic E-state index is 12.4. The van der Waals surface area contributed by atoms with Crippen LogP contribution in [-0.2, 0) is 9.53 Å². The number of hydrogen-bond donors (Lipinski definition) is 1. The van der Waals surface area contributed by atoms with Gasteiger partial charge >= 0.3 is 12.1 Å². The Morgan fingerprint density at radius 2 is 2.27 bits per heavy atom. The Morgan fingerprint density at radius 1 is 1.45 bits per heavy atom. The Balaban J connectivity index is 1.69. The highest BCUT2D eigenvalue weighted by Gasteiger charge is 2.53. The summed E-state index contributed by atoms with van der Waals surface area (Å²) in [4.78, 5) is 11.1. The van der Waals surface area contributed by atoms with Crippen molar-refractivity contribution in [2.75, 3.05) is 0 Å². The van der Waals surface area contributed by atoms with Crippen molar-refractivity contribution in [1.82, 2.24) is 15.5 Å². The molecule has 1 aromatic rings. The summed E-state index contributed by atoms with van der Waals surface area (Å²) in [6, 6.07) is 3.22. The maximum Gasteiger partial charge on any atom is 0.490 e. The van der Waals surface area contributed by atoms with E-state index in [1.165, 1.54) is 6.20 Å². The second kappa shape index (κ2) is 5.38. The van der Waals surface area contributed by atoms with Gasteiger partial charge in [-0.2, -0.15) is 18.3 Å². The third-order valence-corrected chi connectivity index (χ3v) is 3.82. The van der Waals surface area contributed by atoms with Crippen molar-refractivity contribution in [3.8, 4) is 5.88 Å². The van der Waals surface area contributed by atoms with Crippen LogP contribution in [0.1, 0.15) is 25.7 Å². The molecule has 9 heteroatoms. The molecule has 120 valence electrons. The molecule has 3 heterocycles. The molecule has 2 aliphatic heterocycles. The number of carbonyl (C=O) groups is 1. The second-order valence-corrected chi connectivity index (χ2v) is 5.50. The summed E-state index contributed by atoms with van der Waals surface area (Å²) in [6.45, 7) is 0. The average molecular weight is 317 g/mol. The van der Waals surface area contributed by atoms with Gasteiger partial charge in [0.1, 0.15) is 6.10 Å². The van der Waals surface area contributed by atoms with Crippen molar-refractivity contribution in [2.45, 2.75) is 49.7 Å². The lowest BCUT2D eigenvalue weighted by Gasteiger charge is -2.38. The van der Waals surface area contributed by atoms with Gasteiger partial charge in [-0.25, -0.2) is 4.79 Å². The van der Waals surface area contributed by atoms with Crippen LogP contribution in [-0.4, -0.2) is 40.2 Å². The van der Waals surface area contributed by atoms with Gasteiger partial charge in [0.05, 0.1) is 0 Å². The van der Waals surface area contributed by atoms with E-state index >= 15 is 0 Å². The molecule has 3 atom stereocenters. The molecule has 6 nitrogen and oxygen atoms in total. The quantitative estimate of drug-likeness (QED) is 0.853. The van der Waals surface area contributed by atoms with E-state index in [1.54, 1.807) is 12.1 Å². The lowest BCUT2D eigenvalue weighted by Crippen LogP contribution is -2.56. The minimum Gasteiger partial charge on any atom is -0.473 e. The van der Waals surface area contributed by atoms with E-state index in [1.807, 2.05) is 0 Å². The highest BCUT2D eigenvalue weighted by molar-refractivity contribution is 5.76. The fourth-order valence-corrected chi connectivity index (χ4v) is 3.00. The number of halogens is 3. The van der Waals surface area contributed by atoms with Crippen LogP contribution < -0.4 is 10.1 Å². The van der Waals surface area contributed by atoms with Gasteiger partial charge in [0.25, 0.3) is 0 Å². The summed E-state index contributed by atoms with van der Waals surface area (Å²) in [5.74, 6) is -1.88. The van der Waals surface area contributed by atoms with Gasteiger partial charge in [0.2, 0.25) is 5.88 Å². The van der Waals surface area contributed by atoms with E-state index in [0.29, 0.717) is 25.1 Å². The zero-order chi connectivity index (χ0) is 15.8. The van der Waals surface area contributed by atoms with Gasteiger partial charge in [0, 0.05) is 37.6 Å². The summed E-state index contributed by atoms with van der Waals surface area (Å²) in [5.41, 5.74) is -1.32. The number of rotatable bonds is 3. The Hall–Kier alpha value is -1.90. The van der Waals surface area contributed by atoms with Crippen LogP contribution in [0.25, 0.3) is 0 Å². The number of nitrogens with one attached hydrogen (secondary N) is 1. The van der Waals surface area contributed by atoms with Crippen LogP contribution in [0.2, 0.25) is 0 Å². The minimum absolute atomic E-state index is 0.0449. The topological polar surface area (TPSA) is 73.3 Å². The van der Waals surface area contributed by atoms with Gasteiger partial charge in [-0.1, -0.05) is 0 Å². The fourth-order valence-electron chi connectivity index (χ4n) is 3.00. The van der Waals surface area contributed by atoms with Crippen LogP contribution in [0.4, 0.5) is 13.2 Å². The van der Waals surface area contributed by atoms with Gasteiger partial charge in [-0.15, -0.1) is 5.10 Å². The molecule has 3 rings (SSSR count). The largest absolute Gasteiger partial charge is 0.490 e. The van der Waals surface area contributed by atoms with E-state index in [0.717, 1.165) is 0 Å². The van der Waals surface area contributed by atoms with Gasteiger partial charge in [-0.3, -0.25) is 5.32 Å². The Morgan fingerprint density at radius 3 is 2.95 bits per heavy atom. The number of aromatic nitrogens is 2. The number of fused-ring (bicyclic) bond motifs is 2. The van der Waals surface area contributed by atoms with E-state index in [2.05, 4.69) is 15.5 Å². The minimum atomic E-state index is -5.01. The molecule has 0 unspecified atom stereocenters. The molecule has 0 saturated carbocycles. The molecular weight excluding hydrogens is 303 g/mol. The van der Waals surface area contributed by atoms with Crippen LogP contribution in [0.15, 0.2) is 18.3 Å². The summed E-state index contributed by atoms with van der Waals surface area (Å²) in [7, 11) is 0. The molecule has 2 aliphatic rings. The molecule has 2 saturated heterocycles. The SMILES string of the molecule is O=C(O[C@]12CC[C@@H](C[C@H](Oc3cccnn3)C1)N2)C(F)(F)F. The van der Waals surface area contributed by atoms with E-state index in [-0.39, 0.29) is 18.6 Å². The van der Waals surface area contributed by atoms with Crippen molar-refractivity contribution in [3.05, 3.63) is 18.3 Å². The molecule has 0 aromatic carbocycles. The maximum atomic E-state index is 12.4. The molecule has 0 aliphatic carbocycles. The molecule has 1 N–H and O–H groups in total. The normalized spacial score (nSPS) is 30.9. The van der Waals surface area contributed by atoms with Crippen LogP contribution in [0.5, 0.6) is 5.88 Å². The first-order chi connectivity index (χ1) is 10.4.